The molecule has 1 aliphatic rings. The second-order valence-electron chi connectivity index (χ2n) is 6.40. The molecule has 1 fully saturated rings. The van der Waals surface area contributed by atoms with Crippen molar-refractivity contribution in [2.75, 3.05) is 18.4 Å². The van der Waals surface area contributed by atoms with Crippen LogP contribution < -0.4 is 10.6 Å². The monoisotopic (exact) mass is 377 g/mol. The average Bonchev–Trinajstić information content (AvgIpc) is 2.98. The third-order valence-corrected chi connectivity index (χ3v) is 4.33. The second-order valence-corrected chi connectivity index (χ2v) is 6.40. The summed E-state index contributed by atoms with van der Waals surface area (Å²) in [6, 6.07) is 8.44. The Morgan fingerprint density at radius 2 is 1.74 bits per heavy atom. The van der Waals surface area contributed by atoms with Crippen LogP contribution in [0.2, 0.25) is 0 Å². The fraction of sp³-hybridized carbons (Fsp3) is 0.263. The largest absolute Gasteiger partial charge is 0.338 e. The number of nitrogens with one attached hydrogen (secondary N) is 2. The van der Waals surface area contributed by atoms with Crippen molar-refractivity contribution in [2.45, 2.75) is 13.0 Å². The Bertz CT molecular complexity index is 822. The minimum atomic E-state index is -0.869. The maximum atomic E-state index is 13.5. The third-order valence-electron chi connectivity index (χ3n) is 4.33. The summed E-state index contributed by atoms with van der Waals surface area (Å²) in [6.45, 7) is 0.986. The van der Waals surface area contributed by atoms with Crippen LogP contribution in [-0.2, 0) is 11.3 Å². The predicted octanol–water partition coefficient (Wildman–Crippen LogP) is 3.27. The van der Waals surface area contributed by atoms with Gasteiger partial charge >= 0.3 is 6.03 Å². The van der Waals surface area contributed by atoms with Crippen molar-refractivity contribution in [2.24, 2.45) is 5.92 Å². The molecule has 0 unspecified atom stereocenters. The smallest absolute Gasteiger partial charge is 0.319 e. The Labute approximate surface area is 154 Å². The van der Waals surface area contributed by atoms with Gasteiger partial charge in [-0.3, -0.25) is 4.79 Å². The molecule has 2 aromatic rings. The van der Waals surface area contributed by atoms with Gasteiger partial charge in [0, 0.05) is 32.0 Å². The Kier molecular flexibility index (Phi) is 5.63. The summed E-state index contributed by atoms with van der Waals surface area (Å²) in [5, 5.41) is 4.66. The van der Waals surface area contributed by atoms with Crippen LogP contribution in [0.5, 0.6) is 0 Å². The molecule has 8 heteroatoms. The topological polar surface area (TPSA) is 61.4 Å². The summed E-state index contributed by atoms with van der Waals surface area (Å²) < 4.78 is 40.0. The molecule has 0 aromatic heterocycles. The number of urea groups is 1. The zero-order chi connectivity index (χ0) is 19.4. The number of benzene rings is 2. The van der Waals surface area contributed by atoms with Crippen LogP contribution in [0, 0.1) is 23.4 Å². The third kappa shape index (κ3) is 4.78. The van der Waals surface area contributed by atoms with Gasteiger partial charge in [-0.25, -0.2) is 18.0 Å². The lowest BCUT2D eigenvalue weighted by atomic mass is 10.1. The average molecular weight is 377 g/mol. The van der Waals surface area contributed by atoms with Crippen LogP contribution in [0.25, 0.3) is 0 Å². The molecular weight excluding hydrogens is 359 g/mol. The van der Waals surface area contributed by atoms with Crippen molar-refractivity contribution in [3.05, 3.63) is 65.5 Å². The molecule has 1 saturated heterocycles. The first-order chi connectivity index (χ1) is 12.9. The summed E-state index contributed by atoms with van der Waals surface area (Å²) in [6.07, 6.45) is 0.259. The molecule has 1 heterocycles. The summed E-state index contributed by atoms with van der Waals surface area (Å²) in [4.78, 5) is 25.6. The van der Waals surface area contributed by atoms with Crippen LogP contribution in [-0.4, -0.2) is 29.9 Å². The highest BCUT2D eigenvalue weighted by molar-refractivity contribution is 5.89. The number of anilines is 1. The molecule has 0 aliphatic carbocycles. The van der Waals surface area contributed by atoms with E-state index in [1.165, 1.54) is 18.2 Å². The Morgan fingerprint density at radius 3 is 2.41 bits per heavy atom. The van der Waals surface area contributed by atoms with Crippen LogP contribution in [0.3, 0.4) is 0 Å². The van der Waals surface area contributed by atoms with Gasteiger partial charge < -0.3 is 15.5 Å². The molecule has 27 heavy (non-hydrogen) atoms. The molecule has 1 atom stereocenters. The second kappa shape index (κ2) is 8.11. The SMILES string of the molecule is O=C(NC[C@@H]1CC(=O)N(Cc2ccc(F)cc2)C1)Nc1c(F)cccc1F. The van der Waals surface area contributed by atoms with E-state index in [2.05, 4.69) is 10.6 Å². The highest BCUT2D eigenvalue weighted by Gasteiger charge is 2.29. The minimum absolute atomic E-state index is 0.0633. The van der Waals surface area contributed by atoms with Crippen molar-refractivity contribution < 1.29 is 22.8 Å². The van der Waals surface area contributed by atoms with E-state index in [0.29, 0.717) is 13.1 Å². The van der Waals surface area contributed by atoms with E-state index in [4.69, 9.17) is 0 Å². The number of hydrogen-bond donors (Lipinski definition) is 2. The van der Waals surface area contributed by atoms with Gasteiger partial charge in [0.25, 0.3) is 0 Å². The van der Waals surface area contributed by atoms with Crippen molar-refractivity contribution in [1.82, 2.24) is 10.2 Å². The standard InChI is InChI=1S/C19H18F3N3O2/c20-14-6-4-12(5-7-14)10-25-11-13(8-17(25)26)9-23-19(27)24-18-15(21)2-1-3-16(18)22/h1-7,13H,8-11H2,(H2,23,24,27)/t13-/m0/s1. The van der Waals surface area contributed by atoms with E-state index in [9.17, 15) is 22.8 Å². The first-order valence-electron chi connectivity index (χ1n) is 8.43. The van der Waals surface area contributed by atoms with Crippen LogP contribution in [0.4, 0.5) is 23.7 Å². The maximum absolute atomic E-state index is 13.5. The molecule has 0 radical (unpaired) electrons. The first kappa shape index (κ1) is 18.8. The van der Waals surface area contributed by atoms with Gasteiger partial charge in [-0.05, 0) is 29.8 Å². The number of para-hydroxylation sites is 1. The van der Waals surface area contributed by atoms with Gasteiger partial charge in [0.15, 0.2) is 0 Å². The molecule has 5 nitrogen and oxygen atoms in total. The number of likely N-dealkylation sites (tertiary alicyclic amines) is 1. The lowest BCUT2D eigenvalue weighted by molar-refractivity contribution is -0.128. The first-order valence-corrected chi connectivity index (χ1v) is 8.43. The fourth-order valence-electron chi connectivity index (χ4n) is 2.97. The molecule has 2 N–H and O–H groups in total. The van der Waals surface area contributed by atoms with Gasteiger partial charge in [0.2, 0.25) is 5.91 Å². The van der Waals surface area contributed by atoms with Crippen molar-refractivity contribution in [1.29, 1.82) is 0 Å². The van der Waals surface area contributed by atoms with Gasteiger partial charge in [-0.15, -0.1) is 0 Å². The highest BCUT2D eigenvalue weighted by atomic mass is 19.1. The summed E-state index contributed by atoms with van der Waals surface area (Å²) in [5.41, 5.74) is 0.293. The van der Waals surface area contributed by atoms with E-state index in [1.807, 2.05) is 0 Å². The van der Waals surface area contributed by atoms with Crippen LogP contribution in [0.1, 0.15) is 12.0 Å². The van der Waals surface area contributed by atoms with Crippen molar-refractivity contribution in [3.8, 4) is 0 Å². The Morgan fingerprint density at radius 1 is 1.07 bits per heavy atom. The quantitative estimate of drug-likeness (QED) is 0.840. The fourth-order valence-corrected chi connectivity index (χ4v) is 2.97. The van der Waals surface area contributed by atoms with Crippen molar-refractivity contribution in [3.63, 3.8) is 0 Å². The summed E-state index contributed by atoms with van der Waals surface area (Å²) in [5.74, 6) is -2.26. The molecule has 0 bridgehead atoms. The Hall–Kier alpha value is -3.03. The number of halogens is 3. The van der Waals surface area contributed by atoms with E-state index < -0.39 is 23.4 Å². The van der Waals surface area contributed by atoms with Gasteiger partial charge in [0.05, 0.1) is 0 Å². The van der Waals surface area contributed by atoms with E-state index in [-0.39, 0.29) is 30.6 Å². The molecule has 0 spiro atoms. The zero-order valence-electron chi connectivity index (χ0n) is 14.3. The molecule has 0 saturated carbocycles. The van der Waals surface area contributed by atoms with Gasteiger partial charge in [-0.2, -0.15) is 0 Å². The van der Waals surface area contributed by atoms with E-state index >= 15 is 0 Å². The number of hydrogen-bond acceptors (Lipinski definition) is 2. The molecule has 3 rings (SSSR count). The highest BCUT2D eigenvalue weighted by Crippen LogP contribution is 2.20. The number of carbonyl (C=O) groups excluding carboxylic acids is 2. The number of amides is 3. The van der Waals surface area contributed by atoms with Crippen LogP contribution >= 0.6 is 0 Å². The predicted molar refractivity (Wildman–Crippen MR) is 93.3 cm³/mol. The number of nitrogens with zero attached hydrogens (tertiary/aromatic N) is 1. The number of rotatable bonds is 5. The lowest BCUT2D eigenvalue weighted by Gasteiger charge is -2.17. The zero-order valence-corrected chi connectivity index (χ0v) is 14.3. The summed E-state index contributed by atoms with van der Waals surface area (Å²) >= 11 is 0. The van der Waals surface area contributed by atoms with Gasteiger partial charge in [0.1, 0.15) is 23.1 Å². The van der Waals surface area contributed by atoms with Crippen LogP contribution in [0.15, 0.2) is 42.5 Å². The summed E-state index contributed by atoms with van der Waals surface area (Å²) in [7, 11) is 0. The molecule has 2 aromatic carbocycles. The van der Waals surface area contributed by atoms with Gasteiger partial charge in [-0.1, -0.05) is 18.2 Å². The van der Waals surface area contributed by atoms with E-state index in [1.54, 1.807) is 17.0 Å². The minimum Gasteiger partial charge on any atom is -0.338 e. The molecule has 1 aliphatic heterocycles. The number of carbonyl (C=O) groups is 2. The van der Waals surface area contributed by atoms with Crippen molar-refractivity contribution >= 4 is 17.6 Å². The maximum Gasteiger partial charge on any atom is 0.319 e. The van der Waals surface area contributed by atoms with E-state index in [0.717, 1.165) is 17.7 Å². The Balaban J connectivity index is 1.49. The molecule has 142 valence electrons. The normalized spacial score (nSPS) is 16.5. The molecule has 3 amide bonds. The molecular formula is C19H18F3N3O2. The lowest BCUT2D eigenvalue weighted by Crippen LogP contribution is -2.34.